The Morgan fingerprint density at radius 2 is 1.68 bits per heavy atom. The summed E-state index contributed by atoms with van der Waals surface area (Å²) in [6, 6.07) is 17.5. The van der Waals surface area contributed by atoms with Crippen LogP contribution in [0.3, 0.4) is 0 Å². The van der Waals surface area contributed by atoms with Crippen molar-refractivity contribution in [2.45, 2.75) is 19.0 Å². The second-order valence-corrected chi connectivity index (χ2v) is 7.40. The molecule has 1 N–H and O–H groups in total. The van der Waals surface area contributed by atoms with Crippen molar-refractivity contribution in [3.8, 4) is 5.75 Å². The van der Waals surface area contributed by atoms with Gasteiger partial charge in [-0.05, 0) is 29.8 Å². The van der Waals surface area contributed by atoms with Crippen LogP contribution in [0.15, 0.2) is 54.6 Å². The fourth-order valence-electron chi connectivity index (χ4n) is 4.13. The number of amides is 2. The Morgan fingerprint density at radius 1 is 1.00 bits per heavy atom. The molecule has 2 aromatic rings. The van der Waals surface area contributed by atoms with Gasteiger partial charge >= 0.3 is 0 Å². The van der Waals surface area contributed by atoms with Crippen molar-refractivity contribution in [3.63, 3.8) is 0 Å². The van der Waals surface area contributed by atoms with Gasteiger partial charge in [-0.1, -0.05) is 30.3 Å². The standard InChI is InChI=1S/C22H25N3O3/c1-28-19-9-7-18(8-10-19)23-11-13-24(14-12-23)20-15-21(26)25(22(20)27)16-17-5-3-2-4-6-17/h2-10,20H,11-16H2,1H3/p+1/t20-/m0/s1. The zero-order chi connectivity index (χ0) is 19.5. The van der Waals surface area contributed by atoms with Gasteiger partial charge in [0.2, 0.25) is 5.91 Å². The van der Waals surface area contributed by atoms with Gasteiger partial charge in [-0.15, -0.1) is 0 Å². The molecule has 4 rings (SSSR count). The number of nitrogens with zero attached hydrogens (tertiary/aromatic N) is 2. The number of benzene rings is 2. The van der Waals surface area contributed by atoms with E-state index < -0.39 is 0 Å². The van der Waals surface area contributed by atoms with Crippen LogP contribution in [0.25, 0.3) is 0 Å². The molecule has 6 nitrogen and oxygen atoms in total. The molecule has 0 bridgehead atoms. The van der Waals surface area contributed by atoms with Crippen molar-refractivity contribution in [2.24, 2.45) is 0 Å². The molecule has 0 radical (unpaired) electrons. The van der Waals surface area contributed by atoms with Crippen molar-refractivity contribution in [2.75, 3.05) is 38.2 Å². The number of quaternary nitrogens is 1. The second-order valence-electron chi connectivity index (χ2n) is 7.40. The van der Waals surface area contributed by atoms with Crippen LogP contribution in [0.5, 0.6) is 5.75 Å². The lowest BCUT2D eigenvalue weighted by atomic mass is 10.1. The van der Waals surface area contributed by atoms with Crippen LogP contribution in [0, 0.1) is 0 Å². The highest BCUT2D eigenvalue weighted by molar-refractivity contribution is 6.04. The van der Waals surface area contributed by atoms with Crippen molar-refractivity contribution < 1.29 is 19.2 Å². The van der Waals surface area contributed by atoms with E-state index in [1.54, 1.807) is 7.11 Å². The smallest absolute Gasteiger partial charge is 0.288 e. The summed E-state index contributed by atoms with van der Waals surface area (Å²) in [6.45, 7) is 3.83. The van der Waals surface area contributed by atoms with Crippen LogP contribution in [-0.4, -0.2) is 56.0 Å². The van der Waals surface area contributed by atoms with Crippen molar-refractivity contribution >= 4 is 17.5 Å². The van der Waals surface area contributed by atoms with E-state index in [2.05, 4.69) is 17.0 Å². The number of anilines is 1. The molecule has 28 heavy (non-hydrogen) atoms. The van der Waals surface area contributed by atoms with Gasteiger partial charge in [-0.3, -0.25) is 14.5 Å². The summed E-state index contributed by atoms with van der Waals surface area (Å²) in [6.07, 6.45) is 0.323. The Morgan fingerprint density at radius 3 is 2.32 bits per heavy atom. The Balaban J connectivity index is 1.36. The van der Waals surface area contributed by atoms with Gasteiger partial charge in [0.15, 0.2) is 6.04 Å². The lowest BCUT2D eigenvalue weighted by Gasteiger charge is -2.35. The van der Waals surface area contributed by atoms with Crippen molar-refractivity contribution in [1.82, 2.24) is 4.90 Å². The fourth-order valence-corrected chi connectivity index (χ4v) is 4.13. The Bertz CT molecular complexity index is 830. The highest BCUT2D eigenvalue weighted by Crippen LogP contribution is 2.20. The first kappa shape index (κ1) is 18.5. The van der Waals surface area contributed by atoms with E-state index in [1.807, 2.05) is 42.5 Å². The molecule has 2 aliphatic heterocycles. The predicted molar refractivity (Wildman–Crippen MR) is 106 cm³/mol. The molecular weight excluding hydrogens is 354 g/mol. The Labute approximate surface area is 165 Å². The van der Waals surface area contributed by atoms with E-state index in [0.717, 1.165) is 37.5 Å². The molecule has 146 valence electrons. The minimum absolute atomic E-state index is 0.0262. The van der Waals surface area contributed by atoms with Gasteiger partial charge in [0.25, 0.3) is 5.91 Å². The normalized spacial score (nSPS) is 20.7. The van der Waals surface area contributed by atoms with E-state index in [1.165, 1.54) is 15.5 Å². The summed E-state index contributed by atoms with van der Waals surface area (Å²) >= 11 is 0. The number of ether oxygens (including phenoxy) is 1. The van der Waals surface area contributed by atoms with Gasteiger partial charge < -0.3 is 14.5 Å². The summed E-state index contributed by atoms with van der Waals surface area (Å²) in [7, 11) is 1.66. The average molecular weight is 380 g/mol. The van der Waals surface area contributed by atoms with Crippen molar-refractivity contribution in [1.29, 1.82) is 0 Å². The second kappa shape index (κ2) is 8.02. The van der Waals surface area contributed by atoms with Gasteiger partial charge in [0.1, 0.15) is 5.75 Å². The molecule has 0 spiro atoms. The van der Waals surface area contributed by atoms with E-state index >= 15 is 0 Å². The molecule has 2 aliphatic rings. The summed E-state index contributed by atoms with van der Waals surface area (Å²) in [4.78, 5) is 30.3. The molecule has 0 aliphatic carbocycles. The molecule has 1 atom stereocenters. The van der Waals surface area contributed by atoms with Gasteiger partial charge in [0.05, 0.1) is 46.3 Å². The first-order chi connectivity index (χ1) is 13.7. The molecule has 2 heterocycles. The minimum atomic E-state index is -0.241. The maximum Gasteiger partial charge on any atom is 0.288 e. The molecule has 6 heteroatoms. The molecule has 0 saturated carbocycles. The quantitative estimate of drug-likeness (QED) is 0.777. The van der Waals surface area contributed by atoms with Gasteiger partial charge in [0, 0.05) is 5.69 Å². The molecule has 0 aromatic heterocycles. The average Bonchev–Trinajstić information content (AvgIpc) is 3.03. The van der Waals surface area contributed by atoms with Gasteiger partial charge in [-0.2, -0.15) is 0 Å². The van der Waals surface area contributed by atoms with Crippen LogP contribution >= 0.6 is 0 Å². The Kier molecular flexibility index (Phi) is 5.30. The number of rotatable bonds is 5. The lowest BCUT2D eigenvalue weighted by Crippen LogP contribution is -3.19. The highest BCUT2D eigenvalue weighted by Gasteiger charge is 2.45. The number of hydrogen-bond acceptors (Lipinski definition) is 4. The maximum absolute atomic E-state index is 12.9. The van der Waals surface area contributed by atoms with Crippen LogP contribution in [0.1, 0.15) is 12.0 Å². The molecule has 2 fully saturated rings. The minimum Gasteiger partial charge on any atom is -0.497 e. The zero-order valence-electron chi connectivity index (χ0n) is 16.1. The largest absolute Gasteiger partial charge is 0.497 e. The molecular formula is C22H26N3O3+. The third-order valence-electron chi connectivity index (χ3n) is 5.76. The number of nitrogens with one attached hydrogen (secondary N) is 1. The first-order valence-electron chi connectivity index (χ1n) is 9.77. The fraction of sp³-hybridized carbons (Fsp3) is 0.364. The van der Waals surface area contributed by atoms with Crippen molar-refractivity contribution in [3.05, 3.63) is 60.2 Å². The van der Waals surface area contributed by atoms with E-state index in [9.17, 15) is 9.59 Å². The van der Waals surface area contributed by atoms with Crippen LogP contribution in [0.2, 0.25) is 0 Å². The SMILES string of the molecule is COc1ccc(N2CC[NH+]([C@H]3CC(=O)N(Cc4ccccc4)C3=O)CC2)cc1. The van der Waals surface area contributed by atoms with Crippen LogP contribution < -0.4 is 14.5 Å². The zero-order valence-corrected chi connectivity index (χ0v) is 16.1. The number of carbonyl (C=O) groups is 2. The number of likely N-dealkylation sites (tertiary alicyclic amines) is 1. The maximum atomic E-state index is 12.9. The first-order valence-corrected chi connectivity index (χ1v) is 9.77. The number of hydrogen-bond donors (Lipinski definition) is 1. The number of methoxy groups -OCH3 is 1. The van der Waals surface area contributed by atoms with Crippen LogP contribution in [0.4, 0.5) is 5.69 Å². The molecule has 0 unspecified atom stereocenters. The number of piperazine rings is 1. The topological polar surface area (TPSA) is 54.3 Å². The van der Waals surface area contributed by atoms with E-state index in [4.69, 9.17) is 4.74 Å². The van der Waals surface area contributed by atoms with Gasteiger partial charge in [-0.25, -0.2) is 0 Å². The third kappa shape index (κ3) is 3.73. The predicted octanol–water partition coefficient (Wildman–Crippen LogP) is 0.728. The Hall–Kier alpha value is -2.86. The number of carbonyl (C=O) groups excluding carboxylic acids is 2. The molecule has 2 saturated heterocycles. The van der Waals surface area contributed by atoms with Crippen LogP contribution in [-0.2, 0) is 16.1 Å². The van der Waals surface area contributed by atoms with E-state index in [-0.39, 0.29) is 17.9 Å². The summed E-state index contributed by atoms with van der Waals surface area (Å²) in [5.41, 5.74) is 2.16. The monoisotopic (exact) mass is 380 g/mol. The summed E-state index contributed by atoms with van der Waals surface area (Å²) in [5.74, 6) is 0.771. The van der Waals surface area contributed by atoms with E-state index in [0.29, 0.717) is 13.0 Å². The summed E-state index contributed by atoms with van der Waals surface area (Å²) < 4.78 is 5.22. The number of imide groups is 1. The molecule has 2 aromatic carbocycles. The summed E-state index contributed by atoms with van der Waals surface area (Å²) in [5, 5.41) is 0. The lowest BCUT2D eigenvalue weighted by molar-refractivity contribution is -0.915. The third-order valence-corrected chi connectivity index (χ3v) is 5.76. The highest BCUT2D eigenvalue weighted by atomic mass is 16.5. The molecule has 2 amide bonds.